The highest BCUT2D eigenvalue weighted by molar-refractivity contribution is 5.96. The molecule has 194 valence electrons. The second-order valence-electron chi connectivity index (χ2n) is 12.1. The number of amides is 1. The van der Waals surface area contributed by atoms with Gasteiger partial charge in [0.25, 0.3) is 5.91 Å². The van der Waals surface area contributed by atoms with Gasteiger partial charge in [0, 0.05) is 42.0 Å². The summed E-state index contributed by atoms with van der Waals surface area (Å²) in [6.45, 7) is 6.60. The van der Waals surface area contributed by atoms with Crippen molar-refractivity contribution < 1.29 is 9.18 Å². The number of halogens is 1. The van der Waals surface area contributed by atoms with E-state index in [4.69, 9.17) is 0 Å². The first kappa shape index (κ1) is 23.7. The summed E-state index contributed by atoms with van der Waals surface area (Å²) in [5, 5.41) is 7.45. The first-order chi connectivity index (χ1) is 18.4. The molecule has 0 spiro atoms. The molecule has 5 aliphatic rings. The van der Waals surface area contributed by atoms with Crippen LogP contribution in [0.2, 0.25) is 0 Å². The fourth-order valence-corrected chi connectivity index (χ4v) is 8.06. The lowest BCUT2D eigenvalue weighted by Gasteiger charge is -2.42. The van der Waals surface area contributed by atoms with Gasteiger partial charge in [-0.25, -0.2) is 4.39 Å². The van der Waals surface area contributed by atoms with Crippen LogP contribution in [-0.2, 0) is 13.1 Å². The number of carbonyl (C=O) groups excluding carboxylic acids is 1. The van der Waals surface area contributed by atoms with Crippen molar-refractivity contribution in [2.75, 3.05) is 6.54 Å². The topological polar surface area (TPSA) is 44.4 Å². The van der Waals surface area contributed by atoms with Gasteiger partial charge < -0.3 is 15.5 Å². The van der Waals surface area contributed by atoms with Gasteiger partial charge in [-0.1, -0.05) is 55.1 Å². The highest BCUT2D eigenvalue weighted by Crippen LogP contribution is 2.62. The van der Waals surface area contributed by atoms with Gasteiger partial charge in [-0.05, 0) is 90.5 Å². The van der Waals surface area contributed by atoms with Crippen LogP contribution in [-0.4, -0.2) is 28.4 Å². The SMILES string of the molecule is C=C(CNC12CC3CC(C1)C(NC(=O)c1cccc(-c4ccccc4)c1)(C3)C2)N1Cc2ccc(F)cc2C1. The Bertz CT molecular complexity index is 1420. The van der Waals surface area contributed by atoms with Crippen molar-refractivity contribution >= 4 is 5.91 Å². The van der Waals surface area contributed by atoms with Crippen molar-refractivity contribution in [3.63, 3.8) is 0 Å². The molecule has 4 atom stereocenters. The summed E-state index contributed by atoms with van der Waals surface area (Å²) in [6.07, 6.45) is 5.54. The average Bonchev–Trinajstić information content (AvgIpc) is 3.52. The number of carbonyl (C=O) groups is 1. The fourth-order valence-electron chi connectivity index (χ4n) is 8.06. The third-order valence-corrected chi connectivity index (χ3v) is 9.62. The summed E-state index contributed by atoms with van der Waals surface area (Å²) in [4.78, 5) is 15.8. The maximum atomic E-state index is 13.7. The van der Waals surface area contributed by atoms with Crippen LogP contribution in [0.4, 0.5) is 4.39 Å². The summed E-state index contributed by atoms with van der Waals surface area (Å²) in [5.41, 5.74) is 6.13. The zero-order chi connectivity index (χ0) is 25.9. The van der Waals surface area contributed by atoms with E-state index in [9.17, 15) is 9.18 Å². The van der Waals surface area contributed by atoms with Crippen molar-refractivity contribution in [1.29, 1.82) is 0 Å². The molecule has 4 nitrogen and oxygen atoms in total. The third kappa shape index (κ3) is 4.04. The molecule has 0 radical (unpaired) electrons. The molecular weight excluding hydrogens is 473 g/mol. The minimum absolute atomic E-state index is 0.0394. The Balaban J connectivity index is 1.03. The van der Waals surface area contributed by atoms with Gasteiger partial charge >= 0.3 is 0 Å². The molecule has 5 heteroatoms. The van der Waals surface area contributed by atoms with E-state index in [-0.39, 0.29) is 22.8 Å². The van der Waals surface area contributed by atoms with Crippen LogP contribution in [0.25, 0.3) is 11.1 Å². The van der Waals surface area contributed by atoms with E-state index in [0.29, 0.717) is 18.4 Å². The molecule has 4 aliphatic carbocycles. The predicted molar refractivity (Wildman–Crippen MR) is 148 cm³/mol. The van der Waals surface area contributed by atoms with Crippen LogP contribution in [0.5, 0.6) is 0 Å². The van der Waals surface area contributed by atoms with Gasteiger partial charge in [0.1, 0.15) is 5.82 Å². The Morgan fingerprint density at radius 2 is 1.76 bits per heavy atom. The molecule has 1 aliphatic heterocycles. The number of nitrogens with one attached hydrogen (secondary N) is 2. The van der Waals surface area contributed by atoms with Crippen molar-refractivity contribution in [2.45, 2.75) is 56.3 Å². The molecule has 4 fully saturated rings. The van der Waals surface area contributed by atoms with Crippen LogP contribution in [0.15, 0.2) is 85.1 Å². The van der Waals surface area contributed by atoms with Crippen LogP contribution in [0.1, 0.15) is 53.6 Å². The van der Waals surface area contributed by atoms with Gasteiger partial charge in [0.15, 0.2) is 0 Å². The third-order valence-electron chi connectivity index (χ3n) is 9.62. The fraction of sp³-hybridized carbons (Fsp3) is 0.364. The summed E-state index contributed by atoms with van der Waals surface area (Å²) < 4.78 is 13.7. The molecule has 0 saturated heterocycles. The summed E-state index contributed by atoms with van der Waals surface area (Å²) >= 11 is 0. The zero-order valence-electron chi connectivity index (χ0n) is 21.7. The summed E-state index contributed by atoms with van der Waals surface area (Å²) in [6, 6.07) is 23.3. The largest absolute Gasteiger partial charge is 0.366 e. The molecule has 4 unspecified atom stereocenters. The molecule has 1 heterocycles. The standard InChI is InChI=1S/C33H34FN3O/c1-22(37-19-27-10-11-30(34)14-28(27)20-37)18-35-32-15-23-12-29(17-32)33(16-23,21-32)36-31(38)26-9-5-8-25(13-26)24-6-3-2-4-7-24/h2-11,13-14,23,29,35H,1,12,15-21H2,(H,36,38). The molecule has 8 rings (SSSR count). The van der Waals surface area contributed by atoms with Crippen LogP contribution < -0.4 is 10.6 Å². The van der Waals surface area contributed by atoms with E-state index < -0.39 is 0 Å². The smallest absolute Gasteiger partial charge is 0.251 e. The second-order valence-corrected chi connectivity index (χ2v) is 12.1. The zero-order valence-corrected chi connectivity index (χ0v) is 21.7. The van der Waals surface area contributed by atoms with Crippen LogP contribution in [0.3, 0.4) is 0 Å². The molecule has 38 heavy (non-hydrogen) atoms. The molecule has 3 aromatic carbocycles. The molecular formula is C33H34FN3O. The highest BCUT2D eigenvalue weighted by atomic mass is 19.1. The number of hydrogen-bond donors (Lipinski definition) is 2. The Kier molecular flexibility index (Phi) is 5.48. The van der Waals surface area contributed by atoms with E-state index in [1.165, 1.54) is 18.4 Å². The number of nitrogens with zero attached hydrogens (tertiary/aromatic N) is 1. The Morgan fingerprint density at radius 1 is 0.947 bits per heavy atom. The van der Waals surface area contributed by atoms with E-state index in [0.717, 1.165) is 60.3 Å². The van der Waals surface area contributed by atoms with E-state index >= 15 is 0 Å². The van der Waals surface area contributed by atoms with Crippen LogP contribution >= 0.6 is 0 Å². The highest BCUT2D eigenvalue weighted by Gasteiger charge is 2.64. The molecule has 3 aromatic rings. The monoisotopic (exact) mass is 507 g/mol. The number of rotatable bonds is 7. The molecule has 2 N–H and O–H groups in total. The lowest BCUT2D eigenvalue weighted by atomic mass is 9.74. The molecule has 4 saturated carbocycles. The first-order valence-corrected chi connectivity index (χ1v) is 13.8. The average molecular weight is 508 g/mol. The molecule has 0 aromatic heterocycles. The predicted octanol–water partition coefficient (Wildman–Crippen LogP) is 6.04. The lowest BCUT2D eigenvalue weighted by molar-refractivity contribution is 0.0864. The molecule has 1 amide bonds. The van der Waals surface area contributed by atoms with Gasteiger partial charge in [0.05, 0.1) is 0 Å². The van der Waals surface area contributed by atoms with Crippen molar-refractivity contribution in [2.24, 2.45) is 11.8 Å². The molecule has 4 bridgehead atoms. The maximum absolute atomic E-state index is 13.7. The summed E-state index contributed by atoms with van der Waals surface area (Å²) in [7, 11) is 0. The van der Waals surface area contributed by atoms with Crippen molar-refractivity contribution in [3.8, 4) is 11.1 Å². The van der Waals surface area contributed by atoms with E-state index in [2.05, 4.69) is 40.3 Å². The van der Waals surface area contributed by atoms with Crippen molar-refractivity contribution in [1.82, 2.24) is 15.5 Å². The normalized spacial score (nSPS) is 28.5. The minimum atomic E-state index is -0.175. The number of benzene rings is 3. The van der Waals surface area contributed by atoms with E-state index in [1.54, 1.807) is 12.1 Å². The second kappa shape index (κ2) is 8.81. The van der Waals surface area contributed by atoms with Crippen molar-refractivity contribution in [3.05, 3.63) is 108 Å². The van der Waals surface area contributed by atoms with E-state index in [1.807, 2.05) is 42.5 Å². The van der Waals surface area contributed by atoms with Gasteiger partial charge in [-0.3, -0.25) is 4.79 Å². The van der Waals surface area contributed by atoms with Gasteiger partial charge in [0.2, 0.25) is 0 Å². The van der Waals surface area contributed by atoms with Gasteiger partial charge in [-0.2, -0.15) is 0 Å². The first-order valence-electron chi connectivity index (χ1n) is 13.8. The van der Waals surface area contributed by atoms with Crippen LogP contribution in [0, 0.1) is 17.7 Å². The Morgan fingerprint density at radius 3 is 2.63 bits per heavy atom. The lowest BCUT2D eigenvalue weighted by Crippen LogP contribution is -2.55. The summed E-state index contributed by atoms with van der Waals surface area (Å²) in [5.74, 6) is 1.03. The Hall–Kier alpha value is -3.44. The number of hydrogen-bond acceptors (Lipinski definition) is 3. The minimum Gasteiger partial charge on any atom is -0.366 e. The van der Waals surface area contributed by atoms with Gasteiger partial charge in [-0.15, -0.1) is 0 Å². The Labute approximate surface area is 223 Å². The maximum Gasteiger partial charge on any atom is 0.251 e. The number of fused-ring (bicyclic) bond motifs is 1. The quantitative estimate of drug-likeness (QED) is 0.410.